The van der Waals surface area contributed by atoms with Gasteiger partial charge in [-0.05, 0) is 77.3 Å². The molecule has 0 saturated carbocycles. The van der Waals surface area contributed by atoms with Crippen molar-refractivity contribution in [2.24, 2.45) is 5.92 Å². The van der Waals surface area contributed by atoms with Crippen LogP contribution >= 0.6 is 0 Å². The number of likely N-dealkylation sites (tertiary alicyclic amines) is 1. The monoisotopic (exact) mass is 758 g/mol. The summed E-state index contributed by atoms with van der Waals surface area (Å²) in [5.41, 5.74) is 4.76. The Hall–Kier alpha value is -6.01. The van der Waals surface area contributed by atoms with E-state index in [-0.39, 0.29) is 50.3 Å². The number of nitrogens with zero attached hydrogens (tertiary/aromatic N) is 1. The fourth-order valence-corrected chi connectivity index (χ4v) is 7.87. The van der Waals surface area contributed by atoms with E-state index in [0.29, 0.717) is 25.1 Å². The lowest BCUT2D eigenvalue weighted by Crippen LogP contribution is -2.51. The van der Waals surface area contributed by atoms with Crippen LogP contribution in [-0.4, -0.2) is 84.3 Å². The molecule has 3 aliphatic rings. The lowest BCUT2D eigenvalue weighted by molar-refractivity contribution is -0.148. The van der Waals surface area contributed by atoms with Gasteiger partial charge in [0.05, 0.1) is 18.6 Å². The van der Waals surface area contributed by atoms with E-state index in [4.69, 9.17) is 9.47 Å². The van der Waals surface area contributed by atoms with Crippen molar-refractivity contribution in [2.45, 2.75) is 62.6 Å². The average Bonchev–Trinajstić information content (AvgIpc) is 3.83. The Kier molecular flexibility index (Phi) is 12.1. The fourth-order valence-electron chi connectivity index (χ4n) is 7.87. The number of allylic oxidation sites excluding steroid dienone is 2. The van der Waals surface area contributed by atoms with Crippen LogP contribution in [0.4, 0.5) is 10.5 Å². The van der Waals surface area contributed by atoms with E-state index in [1.807, 2.05) is 78.9 Å². The summed E-state index contributed by atoms with van der Waals surface area (Å²) in [4.78, 5) is 69.4. The summed E-state index contributed by atoms with van der Waals surface area (Å²) in [6.07, 6.45) is 4.78. The first-order valence-electron chi connectivity index (χ1n) is 19.2. The van der Waals surface area contributed by atoms with Crippen LogP contribution < -0.4 is 16.0 Å². The third-order valence-electron chi connectivity index (χ3n) is 10.9. The van der Waals surface area contributed by atoms with Crippen LogP contribution in [0.2, 0.25) is 0 Å². The first-order valence-corrected chi connectivity index (χ1v) is 19.2. The summed E-state index contributed by atoms with van der Waals surface area (Å²) in [6, 6.07) is 26.3. The van der Waals surface area contributed by atoms with Crippen LogP contribution in [0.3, 0.4) is 0 Å². The minimum absolute atomic E-state index is 0.0567. The number of aliphatic hydroxyl groups excluding tert-OH is 1. The molecule has 0 aromatic heterocycles. The highest BCUT2D eigenvalue weighted by molar-refractivity contribution is 6.00. The summed E-state index contributed by atoms with van der Waals surface area (Å²) < 4.78 is 11.4. The summed E-state index contributed by atoms with van der Waals surface area (Å²) in [6.45, 7) is -0.129. The van der Waals surface area contributed by atoms with Gasteiger partial charge < -0.3 is 35.4 Å². The Morgan fingerprint density at radius 3 is 2.34 bits per heavy atom. The Labute approximate surface area is 325 Å². The first kappa shape index (κ1) is 38.3. The molecule has 56 heavy (non-hydrogen) atoms. The minimum atomic E-state index is -1.33. The molecule has 4 aromatic rings. The van der Waals surface area contributed by atoms with Crippen LogP contribution in [0.1, 0.15) is 55.6 Å². The SMILES string of the molecule is O=C(N[C@H]1CCC=CC[C@H](CC(=O)N2CCC[C@H]2CO)C(=O)N[C@H](C(=O)Nc2ccc3ccccc3c2)COC1=O)OCC1c2ccccc2-c2ccccc21. The zero-order valence-electron chi connectivity index (χ0n) is 31.0. The number of benzene rings is 4. The summed E-state index contributed by atoms with van der Waals surface area (Å²) >= 11 is 0. The molecule has 12 nitrogen and oxygen atoms in total. The maximum absolute atomic E-state index is 13.8. The van der Waals surface area contributed by atoms with E-state index in [0.717, 1.165) is 39.4 Å². The zero-order chi connectivity index (χ0) is 39.0. The summed E-state index contributed by atoms with van der Waals surface area (Å²) in [5, 5.41) is 19.9. The van der Waals surface area contributed by atoms with Gasteiger partial charge in [-0.25, -0.2) is 9.59 Å². The van der Waals surface area contributed by atoms with Crippen LogP contribution in [0.5, 0.6) is 0 Å². The van der Waals surface area contributed by atoms with Gasteiger partial charge in [0.2, 0.25) is 11.8 Å². The number of fused-ring (bicyclic) bond motifs is 4. The molecule has 4 atom stereocenters. The molecule has 1 aliphatic carbocycles. The molecule has 2 aliphatic heterocycles. The Bertz CT molecular complexity index is 2090. The van der Waals surface area contributed by atoms with Crippen molar-refractivity contribution < 1.29 is 38.6 Å². The fraction of sp³-hybridized carbons (Fsp3) is 0.341. The zero-order valence-corrected chi connectivity index (χ0v) is 31.0. The first-order chi connectivity index (χ1) is 27.3. The summed E-state index contributed by atoms with van der Waals surface area (Å²) in [7, 11) is 0. The number of hydrogen-bond donors (Lipinski definition) is 4. The number of cyclic esters (lactones) is 1. The second-order valence-corrected chi connectivity index (χ2v) is 14.5. The second-order valence-electron chi connectivity index (χ2n) is 14.5. The number of carbonyl (C=O) groups is 5. The quantitative estimate of drug-likeness (QED) is 0.136. The van der Waals surface area contributed by atoms with Crippen LogP contribution in [0, 0.1) is 5.92 Å². The van der Waals surface area contributed by atoms with E-state index >= 15 is 0 Å². The Balaban J connectivity index is 1.06. The number of esters is 1. The molecule has 4 aromatic carbocycles. The lowest BCUT2D eigenvalue weighted by Gasteiger charge is -2.26. The predicted octanol–water partition coefficient (Wildman–Crippen LogP) is 5.44. The summed E-state index contributed by atoms with van der Waals surface area (Å²) in [5.74, 6) is -3.23. The highest BCUT2D eigenvalue weighted by Crippen LogP contribution is 2.44. The van der Waals surface area contributed by atoms with Crippen molar-refractivity contribution in [3.8, 4) is 11.1 Å². The predicted molar refractivity (Wildman–Crippen MR) is 210 cm³/mol. The highest BCUT2D eigenvalue weighted by Gasteiger charge is 2.34. The minimum Gasteiger partial charge on any atom is -0.461 e. The van der Waals surface area contributed by atoms with E-state index < -0.39 is 48.5 Å². The van der Waals surface area contributed by atoms with Gasteiger partial charge in [-0.2, -0.15) is 0 Å². The largest absolute Gasteiger partial charge is 0.461 e. The number of hydrogen-bond acceptors (Lipinski definition) is 8. The van der Waals surface area contributed by atoms with Gasteiger partial charge in [0, 0.05) is 24.6 Å². The lowest BCUT2D eigenvalue weighted by atomic mass is 9.97. The van der Waals surface area contributed by atoms with Gasteiger partial charge in [0.1, 0.15) is 25.3 Å². The van der Waals surface area contributed by atoms with E-state index in [1.54, 1.807) is 29.2 Å². The van der Waals surface area contributed by atoms with Crippen molar-refractivity contribution in [1.82, 2.24) is 15.5 Å². The van der Waals surface area contributed by atoms with Crippen molar-refractivity contribution >= 4 is 46.2 Å². The molecule has 290 valence electrons. The van der Waals surface area contributed by atoms with Crippen LogP contribution in [0.15, 0.2) is 103 Å². The number of amides is 4. The smallest absolute Gasteiger partial charge is 0.407 e. The van der Waals surface area contributed by atoms with Gasteiger partial charge >= 0.3 is 12.1 Å². The van der Waals surface area contributed by atoms with Gasteiger partial charge in [-0.3, -0.25) is 14.4 Å². The van der Waals surface area contributed by atoms with Crippen LogP contribution in [-0.2, 0) is 28.7 Å². The van der Waals surface area contributed by atoms with Gasteiger partial charge in [0.15, 0.2) is 0 Å². The molecule has 0 bridgehead atoms. The number of alkyl carbamates (subject to hydrolysis) is 1. The van der Waals surface area contributed by atoms with Gasteiger partial charge in [0.25, 0.3) is 5.91 Å². The third-order valence-corrected chi connectivity index (χ3v) is 10.9. The molecule has 0 radical (unpaired) electrons. The molecule has 1 saturated heterocycles. The van der Waals surface area contributed by atoms with E-state index in [2.05, 4.69) is 16.0 Å². The number of nitrogens with one attached hydrogen (secondary N) is 3. The molecular weight excluding hydrogens is 713 g/mol. The Morgan fingerprint density at radius 2 is 1.59 bits per heavy atom. The van der Waals surface area contributed by atoms with Gasteiger partial charge in [-0.1, -0.05) is 91.0 Å². The van der Waals surface area contributed by atoms with Crippen LogP contribution in [0.25, 0.3) is 21.9 Å². The second kappa shape index (κ2) is 17.6. The maximum Gasteiger partial charge on any atom is 0.407 e. The standard InChI is InChI=1S/C44H46N4O8/c49-25-32-14-10-22-48(32)40(50)24-30-13-2-1-3-19-38(47-44(54)56-26-37-35-17-8-6-15-33(35)34-16-7-9-18-36(34)37)43(53)55-27-39(46-41(30)51)42(52)45-31-21-20-28-11-4-5-12-29(28)23-31/h1-2,4-9,11-12,15-18,20-21,23,30,32,37-39,49H,3,10,13-14,19,22,24-27H2,(H,45,52)(H,46,51)(H,47,54)/t30-,32+,38+,39+/m1/s1. The normalized spacial score (nSPS) is 21.4. The molecule has 0 spiro atoms. The highest BCUT2D eigenvalue weighted by atomic mass is 16.6. The Morgan fingerprint density at radius 1 is 0.875 bits per heavy atom. The van der Waals surface area contributed by atoms with Crippen molar-refractivity contribution in [1.29, 1.82) is 0 Å². The molecule has 12 heteroatoms. The third kappa shape index (κ3) is 8.76. The molecular formula is C44H46N4O8. The maximum atomic E-state index is 13.8. The van der Waals surface area contributed by atoms with Crippen molar-refractivity contribution in [3.63, 3.8) is 0 Å². The molecule has 0 unspecified atom stereocenters. The molecule has 2 heterocycles. The van der Waals surface area contributed by atoms with Gasteiger partial charge in [-0.15, -0.1) is 0 Å². The molecule has 1 fully saturated rings. The van der Waals surface area contributed by atoms with Crippen molar-refractivity contribution in [2.75, 3.05) is 31.7 Å². The molecule has 4 amide bonds. The van der Waals surface area contributed by atoms with Crippen molar-refractivity contribution in [3.05, 3.63) is 114 Å². The number of aliphatic hydroxyl groups is 1. The topological polar surface area (TPSA) is 163 Å². The number of ether oxygens (including phenoxy) is 2. The van der Waals surface area contributed by atoms with E-state index in [1.165, 1.54) is 0 Å². The average molecular weight is 759 g/mol. The number of anilines is 1. The molecule has 4 N–H and O–H groups in total. The molecule has 7 rings (SSSR count). The van der Waals surface area contributed by atoms with E-state index in [9.17, 15) is 29.1 Å². The number of carbonyl (C=O) groups excluding carboxylic acids is 5. The number of rotatable bonds is 8.